The second-order valence-corrected chi connectivity index (χ2v) is 2.65. The van der Waals surface area contributed by atoms with Crippen molar-refractivity contribution in [3.05, 3.63) is 29.9 Å². The summed E-state index contributed by atoms with van der Waals surface area (Å²) < 4.78 is 4.18. The van der Waals surface area contributed by atoms with E-state index in [-0.39, 0.29) is 0 Å². The molecule has 2 rings (SSSR count). The van der Waals surface area contributed by atoms with Crippen LogP contribution in [0.3, 0.4) is 0 Å². The maximum absolute atomic E-state index is 4.18. The molecule has 2 nitrogen and oxygen atoms in total. The van der Waals surface area contributed by atoms with E-state index in [2.05, 4.69) is 9.36 Å². The number of hydrogen-bond donors (Lipinski definition) is 1. The Morgan fingerprint density at radius 2 is 2.40 bits per heavy atom. The van der Waals surface area contributed by atoms with Gasteiger partial charge in [0.2, 0.25) is 0 Å². The summed E-state index contributed by atoms with van der Waals surface area (Å²) in [6.45, 7) is 0. The minimum atomic E-state index is 1.05. The fraction of sp³-hybridized carbons (Fsp3) is 0. The first kappa shape index (κ1) is 5.68. The molecule has 0 spiro atoms. The van der Waals surface area contributed by atoms with Crippen LogP contribution in [-0.2, 0) is 0 Å². The highest BCUT2D eigenvalue weighted by Gasteiger charge is 1.96. The largest absolute Gasteiger partial charge is 0.367 e. The lowest BCUT2D eigenvalue weighted by Gasteiger charge is -1.83. The Bertz CT molecular complexity index is 251. The van der Waals surface area contributed by atoms with Gasteiger partial charge >= 0.3 is 0 Å². The molecule has 0 aliphatic carbocycles. The second-order valence-electron chi connectivity index (χ2n) is 1.98. The van der Waals surface area contributed by atoms with Crippen LogP contribution in [0.5, 0.6) is 0 Å². The number of rotatable bonds is 1. The topological polar surface area (TPSA) is 28.7 Å². The van der Waals surface area contributed by atoms with Crippen molar-refractivity contribution in [3.8, 4) is 11.3 Å². The fourth-order valence-corrected chi connectivity index (χ4v) is 1.38. The third-order valence-electron chi connectivity index (χ3n) is 1.33. The molecule has 0 bridgehead atoms. The summed E-state index contributed by atoms with van der Waals surface area (Å²) in [5, 5.41) is 1.97. The van der Waals surface area contributed by atoms with Crippen LogP contribution in [-0.4, -0.2) is 9.36 Å². The normalized spacial score (nSPS) is 10.0. The van der Waals surface area contributed by atoms with Gasteiger partial charge in [-0.3, -0.25) is 0 Å². The van der Waals surface area contributed by atoms with E-state index >= 15 is 0 Å². The van der Waals surface area contributed by atoms with E-state index in [1.807, 2.05) is 29.9 Å². The van der Waals surface area contributed by atoms with E-state index in [1.54, 1.807) is 0 Å². The van der Waals surface area contributed by atoms with E-state index in [0.717, 1.165) is 11.3 Å². The van der Waals surface area contributed by atoms with Crippen molar-refractivity contribution >= 4 is 11.5 Å². The monoisotopic (exact) mass is 150 g/mol. The van der Waals surface area contributed by atoms with Gasteiger partial charge in [0.05, 0.1) is 5.69 Å². The lowest BCUT2D eigenvalue weighted by molar-refractivity contribution is 1.41. The first-order chi connectivity index (χ1) is 4.97. The van der Waals surface area contributed by atoms with E-state index in [9.17, 15) is 0 Å². The lowest BCUT2D eigenvalue weighted by Crippen LogP contribution is -1.67. The fourth-order valence-electron chi connectivity index (χ4n) is 0.845. The summed E-state index contributed by atoms with van der Waals surface area (Å²) in [6.07, 6.45) is 3.84. The molecule has 2 aromatic heterocycles. The highest BCUT2D eigenvalue weighted by Crippen LogP contribution is 2.16. The molecule has 2 aromatic rings. The van der Waals surface area contributed by atoms with E-state index in [1.165, 1.54) is 11.5 Å². The highest BCUT2D eigenvalue weighted by atomic mass is 32.1. The van der Waals surface area contributed by atoms with Crippen LogP contribution in [0, 0.1) is 0 Å². The van der Waals surface area contributed by atoms with Crippen LogP contribution in [0.25, 0.3) is 11.3 Å². The minimum absolute atomic E-state index is 1.05. The third kappa shape index (κ3) is 0.844. The average molecular weight is 150 g/mol. The van der Waals surface area contributed by atoms with Crippen LogP contribution >= 0.6 is 11.5 Å². The van der Waals surface area contributed by atoms with Crippen LogP contribution in [0.2, 0.25) is 0 Å². The molecule has 0 unspecified atom stereocenters. The molecule has 3 heteroatoms. The zero-order valence-electron chi connectivity index (χ0n) is 5.24. The quantitative estimate of drug-likeness (QED) is 0.662. The van der Waals surface area contributed by atoms with Gasteiger partial charge in [-0.2, -0.15) is 4.37 Å². The van der Waals surface area contributed by atoms with Crippen LogP contribution in [0.4, 0.5) is 0 Å². The molecular weight excluding hydrogens is 144 g/mol. The van der Waals surface area contributed by atoms with Crippen molar-refractivity contribution in [1.82, 2.24) is 9.36 Å². The van der Waals surface area contributed by atoms with Crippen molar-refractivity contribution in [2.45, 2.75) is 0 Å². The summed E-state index contributed by atoms with van der Waals surface area (Å²) >= 11 is 1.47. The van der Waals surface area contributed by atoms with Gasteiger partial charge in [0.15, 0.2) is 0 Å². The highest BCUT2D eigenvalue weighted by molar-refractivity contribution is 7.03. The average Bonchev–Trinajstić information content (AvgIpc) is 2.59. The number of H-pyrrole nitrogens is 1. The molecule has 1 N–H and O–H groups in total. The molecule has 0 saturated carbocycles. The molecule has 0 radical (unpaired) electrons. The predicted molar refractivity (Wildman–Crippen MR) is 41.9 cm³/mol. The van der Waals surface area contributed by atoms with Gasteiger partial charge in [-0.25, -0.2) is 0 Å². The predicted octanol–water partition coefficient (Wildman–Crippen LogP) is 2.14. The van der Waals surface area contributed by atoms with E-state index in [4.69, 9.17) is 0 Å². The molecule has 50 valence electrons. The van der Waals surface area contributed by atoms with Crippen molar-refractivity contribution < 1.29 is 0 Å². The standard InChI is InChI=1S/C7H6N2S/c1-3-8-5-6(1)7-2-4-10-9-7/h1-5,8H. The molecule has 0 aromatic carbocycles. The first-order valence-corrected chi connectivity index (χ1v) is 3.84. The zero-order valence-corrected chi connectivity index (χ0v) is 6.06. The Morgan fingerprint density at radius 3 is 3.00 bits per heavy atom. The Balaban J connectivity index is 2.48. The Labute approximate surface area is 62.7 Å². The van der Waals surface area contributed by atoms with Crippen molar-refractivity contribution in [2.75, 3.05) is 0 Å². The molecular formula is C7H6N2S. The van der Waals surface area contributed by atoms with E-state index in [0.29, 0.717) is 0 Å². The van der Waals surface area contributed by atoms with Gasteiger partial charge in [0, 0.05) is 23.3 Å². The van der Waals surface area contributed by atoms with Gasteiger partial charge in [0.25, 0.3) is 0 Å². The SMILES string of the molecule is c1cc(-c2ccsn2)c[nH]1. The van der Waals surface area contributed by atoms with Gasteiger partial charge in [0.1, 0.15) is 0 Å². The molecule has 0 fully saturated rings. The number of nitrogens with one attached hydrogen (secondary N) is 1. The molecule has 2 heterocycles. The molecule has 0 atom stereocenters. The van der Waals surface area contributed by atoms with Gasteiger partial charge in [-0.1, -0.05) is 0 Å². The second kappa shape index (κ2) is 2.27. The molecule has 0 saturated heterocycles. The summed E-state index contributed by atoms with van der Waals surface area (Å²) in [5.74, 6) is 0. The van der Waals surface area contributed by atoms with Crippen molar-refractivity contribution in [2.24, 2.45) is 0 Å². The van der Waals surface area contributed by atoms with E-state index < -0.39 is 0 Å². The number of aromatic nitrogens is 2. The van der Waals surface area contributed by atoms with Crippen LogP contribution in [0.15, 0.2) is 29.9 Å². The van der Waals surface area contributed by atoms with Crippen molar-refractivity contribution in [3.63, 3.8) is 0 Å². The summed E-state index contributed by atoms with van der Waals surface area (Å²) in [6, 6.07) is 4.02. The summed E-state index contributed by atoms with van der Waals surface area (Å²) in [7, 11) is 0. The Hall–Kier alpha value is -1.09. The van der Waals surface area contributed by atoms with Crippen molar-refractivity contribution in [1.29, 1.82) is 0 Å². The summed E-state index contributed by atoms with van der Waals surface area (Å²) in [5.41, 5.74) is 2.20. The summed E-state index contributed by atoms with van der Waals surface area (Å²) in [4.78, 5) is 2.98. The number of hydrogen-bond acceptors (Lipinski definition) is 2. The number of nitrogens with zero attached hydrogens (tertiary/aromatic N) is 1. The maximum atomic E-state index is 4.18. The lowest BCUT2D eigenvalue weighted by atomic mass is 10.2. The van der Waals surface area contributed by atoms with Crippen LogP contribution in [0.1, 0.15) is 0 Å². The van der Waals surface area contributed by atoms with Crippen LogP contribution < -0.4 is 0 Å². The smallest absolute Gasteiger partial charge is 0.0855 e. The Morgan fingerprint density at radius 1 is 1.40 bits per heavy atom. The zero-order chi connectivity index (χ0) is 6.81. The molecule has 10 heavy (non-hydrogen) atoms. The maximum Gasteiger partial charge on any atom is 0.0855 e. The first-order valence-electron chi connectivity index (χ1n) is 3.00. The number of aromatic amines is 1. The minimum Gasteiger partial charge on any atom is -0.367 e. The van der Waals surface area contributed by atoms with Gasteiger partial charge < -0.3 is 4.98 Å². The third-order valence-corrected chi connectivity index (χ3v) is 1.89. The Kier molecular flexibility index (Phi) is 1.29. The molecule has 0 aliphatic rings. The van der Waals surface area contributed by atoms with Gasteiger partial charge in [-0.15, -0.1) is 0 Å². The molecule has 0 amide bonds. The van der Waals surface area contributed by atoms with Gasteiger partial charge in [-0.05, 0) is 23.7 Å². The molecule has 0 aliphatic heterocycles.